The van der Waals surface area contributed by atoms with Gasteiger partial charge in [0.25, 0.3) is 0 Å². The molecule has 1 aliphatic heterocycles. The Morgan fingerprint density at radius 3 is 2.81 bits per heavy atom. The number of nitrogens with one attached hydrogen (secondary N) is 1. The first-order valence-corrected chi connectivity index (χ1v) is 10.2. The van der Waals surface area contributed by atoms with Crippen molar-refractivity contribution in [1.29, 1.82) is 0 Å². The molecule has 2 atom stereocenters. The molecule has 3 rings (SSSR count). The SMILES string of the molecule is O=C(Cn1cccn1)NCC[C@@H]1C[C@@H](S(=O)(=O)c2ccccc2)CCO1. The molecule has 0 unspecified atom stereocenters. The molecule has 0 aliphatic carbocycles. The molecule has 1 aromatic heterocycles. The molecule has 0 saturated carbocycles. The number of carbonyl (C=O) groups excluding carboxylic acids is 1. The Hall–Kier alpha value is -2.19. The van der Waals surface area contributed by atoms with Gasteiger partial charge in [-0.3, -0.25) is 9.48 Å². The van der Waals surface area contributed by atoms with E-state index in [0.29, 0.717) is 37.3 Å². The van der Waals surface area contributed by atoms with Gasteiger partial charge in [0.15, 0.2) is 9.84 Å². The number of aromatic nitrogens is 2. The van der Waals surface area contributed by atoms with E-state index in [9.17, 15) is 13.2 Å². The van der Waals surface area contributed by atoms with E-state index in [0.717, 1.165) is 0 Å². The van der Waals surface area contributed by atoms with E-state index in [1.165, 1.54) is 0 Å². The fourth-order valence-corrected chi connectivity index (χ4v) is 4.90. The van der Waals surface area contributed by atoms with Crippen molar-refractivity contribution in [2.75, 3.05) is 13.2 Å². The number of hydrogen-bond acceptors (Lipinski definition) is 5. The third-order valence-electron chi connectivity index (χ3n) is 4.48. The molecule has 1 aromatic carbocycles. The Kier molecular flexibility index (Phi) is 6.05. The molecule has 1 amide bonds. The van der Waals surface area contributed by atoms with Crippen molar-refractivity contribution in [3.63, 3.8) is 0 Å². The molecule has 26 heavy (non-hydrogen) atoms. The summed E-state index contributed by atoms with van der Waals surface area (Å²) in [6.45, 7) is 1.04. The normalized spacial score (nSPS) is 20.6. The number of amides is 1. The summed E-state index contributed by atoms with van der Waals surface area (Å²) < 4.78 is 32.8. The van der Waals surface area contributed by atoms with Crippen LogP contribution in [0.25, 0.3) is 0 Å². The first-order valence-electron chi connectivity index (χ1n) is 8.70. The Bertz CT molecular complexity index is 806. The van der Waals surface area contributed by atoms with Crippen LogP contribution in [0.5, 0.6) is 0 Å². The van der Waals surface area contributed by atoms with Crippen molar-refractivity contribution in [3.8, 4) is 0 Å². The number of benzene rings is 1. The second-order valence-corrected chi connectivity index (χ2v) is 8.57. The van der Waals surface area contributed by atoms with Gasteiger partial charge in [-0.25, -0.2) is 8.42 Å². The van der Waals surface area contributed by atoms with Crippen molar-refractivity contribution in [3.05, 3.63) is 48.8 Å². The van der Waals surface area contributed by atoms with Crippen LogP contribution in [0, 0.1) is 0 Å². The Labute approximate surface area is 153 Å². The molecule has 8 heteroatoms. The standard InChI is InChI=1S/C18H23N3O4S/c22-18(14-21-11-4-9-20-21)19-10-7-15-13-17(8-12-25-15)26(23,24)16-5-2-1-3-6-16/h1-6,9,11,15,17H,7-8,10,12-14H2,(H,19,22)/t15-,17+/m1/s1. The van der Waals surface area contributed by atoms with Crippen LogP contribution in [0.1, 0.15) is 19.3 Å². The number of sulfone groups is 1. The summed E-state index contributed by atoms with van der Waals surface area (Å²) in [5.74, 6) is -0.127. The van der Waals surface area contributed by atoms with Gasteiger partial charge < -0.3 is 10.1 Å². The molecule has 0 spiro atoms. The molecule has 140 valence electrons. The van der Waals surface area contributed by atoms with Gasteiger partial charge in [0.1, 0.15) is 6.54 Å². The number of carbonyl (C=O) groups is 1. The fourth-order valence-electron chi connectivity index (χ4n) is 3.10. The summed E-state index contributed by atoms with van der Waals surface area (Å²) >= 11 is 0. The molecular weight excluding hydrogens is 354 g/mol. The topological polar surface area (TPSA) is 90.3 Å². The maximum Gasteiger partial charge on any atom is 0.241 e. The van der Waals surface area contributed by atoms with E-state index in [1.54, 1.807) is 53.5 Å². The summed E-state index contributed by atoms with van der Waals surface area (Å²) in [6, 6.07) is 10.3. The molecule has 1 fully saturated rings. The van der Waals surface area contributed by atoms with Gasteiger partial charge >= 0.3 is 0 Å². The van der Waals surface area contributed by atoms with Gasteiger partial charge in [0, 0.05) is 25.5 Å². The van der Waals surface area contributed by atoms with Crippen LogP contribution in [0.15, 0.2) is 53.7 Å². The molecule has 1 N–H and O–H groups in total. The minimum Gasteiger partial charge on any atom is -0.378 e. The van der Waals surface area contributed by atoms with Crippen molar-refractivity contribution >= 4 is 15.7 Å². The number of ether oxygens (including phenoxy) is 1. The average Bonchev–Trinajstić information content (AvgIpc) is 3.15. The highest BCUT2D eigenvalue weighted by atomic mass is 32.2. The zero-order valence-corrected chi connectivity index (χ0v) is 15.3. The molecule has 0 radical (unpaired) electrons. The van der Waals surface area contributed by atoms with Gasteiger partial charge in [0.05, 0.1) is 16.2 Å². The smallest absolute Gasteiger partial charge is 0.241 e. The first kappa shape index (κ1) is 18.6. The number of nitrogens with zero attached hydrogens (tertiary/aromatic N) is 2. The summed E-state index contributed by atoms with van der Waals surface area (Å²) in [7, 11) is -3.35. The lowest BCUT2D eigenvalue weighted by molar-refractivity contribution is -0.122. The second kappa shape index (κ2) is 8.46. The monoisotopic (exact) mass is 377 g/mol. The van der Waals surface area contributed by atoms with Crippen LogP contribution in [-0.4, -0.2) is 48.6 Å². The van der Waals surface area contributed by atoms with E-state index >= 15 is 0 Å². The minimum atomic E-state index is -3.35. The zero-order chi connectivity index (χ0) is 18.4. The van der Waals surface area contributed by atoms with Crippen molar-refractivity contribution in [1.82, 2.24) is 15.1 Å². The van der Waals surface area contributed by atoms with Crippen LogP contribution in [-0.2, 0) is 25.9 Å². The van der Waals surface area contributed by atoms with Gasteiger partial charge in [-0.05, 0) is 37.5 Å². The quantitative estimate of drug-likeness (QED) is 0.788. The maximum atomic E-state index is 12.8. The summed E-state index contributed by atoms with van der Waals surface area (Å²) in [6.07, 6.45) is 4.72. The van der Waals surface area contributed by atoms with Gasteiger partial charge in [-0.2, -0.15) is 5.10 Å². The highest BCUT2D eigenvalue weighted by molar-refractivity contribution is 7.92. The third-order valence-corrected chi connectivity index (χ3v) is 6.72. The summed E-state index contributed by atoms with van der Waals surface area (Å²) in [5.41, 5.74) is 0. The zero-order valence-electron chi connectivity index (χ0n) is 14.5. The van der Waals surface area contributed by atoms with Gasteiger partial charge in [-0.15, -0.1) is 0 Å². The number of hydrogen-bond donors (Lipinski definition) is 1. The summed E-state index contributed by atoms with van der Waals surface area (Å²) in [4.78, 5) is 12.2. The van der Waals surface area contributed by atoms with Gasteiger partial charge in [0.2, 0.25) is 5.91 Å². The van der Waals surface area contributed by atoms with E-state index in [2.05, 4.69) is 10.4 Å². The molecular formula is C18H23N3O4S. The Morgan fingerprint density at radius 1 is 1.27 bits per heavy atom. The van der Waals surface area contributed by atoms with Crippen LogP contribution in [0.4, 0.5) is 0 Å². The molecule has 0 bridgehead atoms. The second-order valence-electron chi connectivity index (χ2n) is 6.34. The molecule has 7 nitrogen and oxygen atoms in total. The first-order chi connectivity index (χ1) is 12.6. The van der Waals surface area contributed by atoms with Crippen LogP contribution in [0.2, 0.25) is 0 Å². The molecule has 2 aromatic rings. The highest BCUT2D eigenvalue weighted by Gasteiger charge is 2.33. The highest BCUT2D eigenvalue weighted by Crippen LogP contribution is 2.27. The van der Waals surface area contributed by atoms with Crippen molar-refractivity contribution in [2.45, 2.75) is 42.1 Å². The Balaban J connectivity index is 1.48. The van der Waals surface area contributed by atoms with E-state index in [-0.39, 0.29) is 18.6 Å². The molecule has 1 saturated heterocycles. The number of rotatable bonds is 7. The average molecular weight is 377 g/mol. The van der Waals surface area contributed by atoms with Crippen LogP contribution in [0.3, 0.4) is 0 Å². The van der Waals surface area contributed by atoms with Gasteiger partial charge in [-0.1, -0.05) is 18.2 Å². The van der Waals surface area contributed by atoms with E-state index in [4.69, 9.17) is 4.74 Å². The van der Waals surface area contributed by atoms with Crippen LogP contribution < -0.4 is 5.32 Å². The van der Waals surface area contributed by atoms with Crippen LogP contribution >= 0.6 is 0 Å². The van der Waals surface area contributed by atoms with Crippen molar-refractivity contribution in [2.24, 2.45) is 0 Å². The van der Waals surface area contributed by atoms with Crippen molar-refractivity contribution < 1.29 is 17.9 Å². The predicted octanol–water partition coefficient (Wildman–Crippen LogP) is 1.41. The Morgan fingerprint density at radius 2 is 2.08 bits per heavy atom. The lowest BCUT2D eigenvalue weighted by Crippen LogP contribution is -2.37. The van der Waals surface area contributed by atoms with E-state index in [1.807, 2.05) is 0 Å². The molecule has 2 heterocycles. The molecule has 1 aliphatic rings. The minimum absolute atomic E-state index is 0.127. The summed E-state index contributed by atoms with van der Waals surface area (Å²) in [5, 5.41) is 6.37. The lowest BCUT2D eigenvalue weighted by atomic mass is 10.1. The largest absolute Gasteiger partial charge is 0.378 e. The predicted molar refractivity (Wildman–Crippen MR) is 96.2 cm³/mol. The maximum absolute atomic E-state index is 12.8. The van der Waals surface area contributed by atoms with E-state index < -0.39 is 15.1 Å². The third kappa shape index (κ3) is 4.70. The fraction of sp³-hybridized carbons (Fsp3) is 0.444. The lowest BCUT2D eigenvalue weighted by Gasteiger charge is -2.29.